The van der Waals surface area contributed by atoms with Crippen LogP contribution in [0.4, 0.5) is 0 Å². The summed E-state index contributed by atoms with van der Waals surface area (Å²) in [7, 11) is 3.53. The number of allylic oxidation sites excluding steroid dienone is 1. The van der Waals surface area contributed by atoms with Gasteiger partial charge in [0.05, 0.1) is 12.1 Å². The fourth-order valence-corrected chi connectivity index (χ4v) is 5.59. The smallest absolute Gasteiger partial charge is 0.245 e. The Balaban J connectivity index is 2.30. The number of benzene rings is 1. The molecule has 7 heteroatoms. The van der Waals surface area contributed by atoms with Gasteiger partial charge in [0.25, 0.3) is 0 Å². The molecule has 0 unspecified atom stereocenters. The predicted molar refractivity (Wildman–Crippen MR) is 162 cm³/mol. The molecule has 1 heterocycles. The number of likely N-dealkylation sites (N-methyl/N-ethyl adjacent to an activating group) is 2. The summed E-state index contributed by atoms with van der Waals surface area (Å²) >= 11 is 1.56. The molecular weight excluding hydrogens is 506 g/mol. The summed E-state index contributed by atoms with van der Waals surface area (Å²) in [5.41, 5.74) is 0.618. The second-order valence-electron chi connectivity index (χ2n) is 12.3. The highest BCUT2D eigenvalue weighted by Gasteiger charge is 2.41. The molecular formula is C32H47N3O3S. The van der Waals surface area contributed by atoms with Crippen LogP contribution in [0.2, 0.25) is 0 Å². The van der Waals surface area contributed by atoms with Crippen molar-refractivity contribution in [3.8, 4) is 0 Å². The zero-order valence-corrected chi connectivity index (χ0v) is 26.1. The molecule has 0 aliphatic heterocycles. The first kappa shape index (κ1) is 32.4. The molecule has 2 aromatic rings. The largest absolute Gasteiger partial charge is 0.342 e. The van der Waals surface area contributed by atoms with Crippen molar-refractivity contribution in [3.63, 3.8) is 0 Å². The van der Waals surface area contributed by atoms with Crippen LogP contribution in [0.25, 0.3) is 0 Å². The van der Waals surface area contributed by atoms with E-state index in [9.17, 15) is 14.4 Å². The summed E-state index contributed by atoms with van der Waals surface area (Å²) < 4.78 is 0. The molecule has 3 atom stereocenters. The van der Waals surface area contributed by atoms with Crippen LogP contribution in [-0.4, -0.2) is 54.7 Å². The maximum Gasteiger partial charge on any atom is 0.245 e. The zero-order valence-electron chi connectivity index (χ0n) is 25.3. The van der Waals surface area contributed by atoms with Crippen molar-refractivity contribution in [2.24, 2.45) is 11.3 Å². The van der Waals surface area contributed by atoms with E-state index in [1.54, 1.807) is 30.3 Å². The minimum Gasteiger partial charge on any atom is -0.342 e. The minimum absolute atomic E-state index is 0.0460. The van der Waals surface area contributed by atoms with Crippen LogP contribution in [0.5, 0.6) is 0 Å². The highest BCUT2D eigenvalue weighted by molar-refractivity contribution is 7.10. The molecule has 2 amide bonds. The van der Waals surface area contributed by atoms with Crippen molar-refractivity contribution < 1.29 is 14.4 Å². The highest BCUT2D eigenvalue weighted by Crippen LogP contribution is 2.29. The lowest BCUT2D eigenvalue weighted by Gasteiger charge is -2.40. The second-order valence-corrected chi connectivity index (χ2v) is 13.4. The molecule has 1 aromatic heterocycles. The lowest BCUT2D eigenvalue weighted by molar-refractivity contribution is -0.140. The van der Waals surface area contributed by atoms with Gasteiger partial charge in [0.1, 0.15) is 6.04 Å². The fraction of sp³-hybridized carbons (Fsp3) is 0.531. The zero-order chi connectivity index (χ0) is 29.5. The van der Waals surface area contributed by atoms with Gasteiger partial charge in [-0.3, -0.25) is 14.4 Å². The van der Waals surface area contributed by atoms with Crippen molar-refractivity contribution >= 4 is 28.9 Å². The third kappa shape index (κ3) is 8.36. The van der Waals surface area contributed by atoms with Crippen molar-refractivity contribution in [1.82, 2.24) is 15.5 Å². The monoisotopic (exact) mass is 553 g/mol. The van der Waals surface area contributed by atoms with E-state index in [4.69, 9.17) is 0 Å². The average molecular weight is 554 g/mol. The molecule has 0 bridgehead atoms. The van der Waals surface area contributed by atoms with Gasteiger partial charge in [-0.15, -0.1) is 11.3 Å². The SMILES string of the molecule is CN[C@H](C(=O)N[C@H](C(=O)N(C)[C@H](/C=C(\C)C(=O)Cc1cccs1)C(C)C)C(C)(C)C)C(C)(C)c1ccccc1. The van der Waals surface area contributed by atoms with Gasteiger partial charge in [-0.2, -0.15) is 0 Å². The Hall–Kier alpha value is -2.77. The van der Waals surface area contributed by atoms with Gasteiger partial charge in [-0.05, 0) is 47.9 Å². The Bertz CT molecular complexity index is 1130. The number of nitrogens with one attached hydrogen (secondary N) is 2. The number of nitrogens with zero attached hydrogens (tertiary/aromatic N) is 1. The van der Waals surface area contributed by atoms with Gasteiger partial charge in [0.2, 0.25) is 11.8 Å². The lowest BCUT2D eigenvalue weighted by Crippen LogP contribution is -2.61. The topological polar surface area (TPSA) is 78.5 Å². The van der Waals surface area contributed by atoms with Gasteiger partial charge in [0, 0.05) is 23.8 Å². The molecule has 0 aliphatic rings. The number of rotatable bonds is 12. The van der Waals surface area contributed by atoms with Gasteiger partial charge in [-0.1, -0.05) is 90.9 Å². The molecule has 6 nitrogen and oxygen atoms in total. The molecule has 2 rings (SSSR count). The molecule has 0 spiro atoms. The average Bonchev–Trinajstić information content (AvgIpc) is 3.37. The van der Waals surface area contributed by atoms with E-state index < -0.39 is 22.9 Å². The number of carbonyl (C=O) groups excluding carboxylic acids is 3. The normalized spacial score (nSPS) is 15.0. The van der Waals surface area contributed by atoms with Crippen LogP contribution in [0.1, 0.15) is 65.8 Å². The van der Waals surface area contributed by atoms with E-state index in [1.165, 1.54) is 0 Å². The summed E-state index contributed by atoms with van der Waals surface area (Å²) in [5, 5.41) is 8.23. The summed E-state index contributed by atoms with van der Waals surface area (Å²) in [4.78, 5) is 43.3. The Labute approximate surface area is 239 Å². The first-order valence-corrected chi connectivity index (χ1v) is 14.5. The summed E-state index contributed by atoms with van der Waals surface area (Å²) in [5.74, 6) is -0.296. The fourth-order valence-electron chi connectivity index (χ4n) is 4.89. The molecule has 0 radical (unpaired) electrons. The van der Waals surface area contributed by atoms with Gasteiger partial charge < -0.3 is 15.5 Å². The maximum atomic E-state index is 14.0. The van der Waals surface area contributed by atoms with Crippen molar-refractivity contribution in [3.05, 3.63) is 69.9 Å². The number of carbonyl (C=O) groups is 3. The predicted octanol–water partition coefficient (Wildman–Crippen LogP) is 5.39. The van der Waals surface area contributed by atoms with Crippen LogP contribution >= 0.6 is 11.3 Å². The summed E-state index contributed by atoms with van der Waals surface area (Å²) in [6.45, 7) is 15.8. The standard InChI is InChI=1S/C32H47N3O3S/c1-21(2)25(19-22(3)26(36)20-24-17-14-18-39-24)35(10)30(38)28(31(4,5)6)34-29(37)27(33-9)32(7,8)23-15-12-11-13-16-23/h11-19,21,25,27-28,33H,20H2,1-10H3,(H,34,37)/b22-19+/t25-,27-,28-/m1/s1. The number of thiophene rings is 1. The van der Waals surface area contributed by atoms with E-state index >= 15 is 0 Å². The van der Waals surface area contributed by atoms with E-state index in [1.807, 2.05) is 109 Å². The van der Waals surface area contributed by atoms with Gasteiger partial charge in [-0.25, -0.2) is 0 Å². The second kappa shape index (κ2) is 13.5. The third-order valence-electron chi connectivity index (χ3n) is 7.44. The van der Waals surface area contributed by atoms with Crippen LogP contribution in [0, 0.1) is 11.3 Å². The Morgan fingerprint density at radius 3 is 2.08 bits per heavy atom. The lowest BCUT2D eigenvalue weighted by atomic mass is 9.76. The van der Waals surface area contributed by atoms with E-state index in [0.29, 0.717) is 12.0 Å². The number of ketones is 1. The van der Waals surface area contributed by atoms with Crippen LogP contribution in [-0.2, 0) is 26.2 Å². The van der Waals surface area contributed by atoms with Crippen LogP contribution in [0.3, 0.4) is 0 Å². The molecule has 1 aromatic carbocycles. The van der Waals surface area contributed by atoms with Crippen molar-refractivity contribution in [1.29, 1.82) is 0 Å². The van der Waals surface area contributed by atoms with Crippen molar-refractivity contribution in [2.75, 3.05) is 14.1 Å². The molecule has 0 fully saturated rings. The first-order chi connectivity index (χ1) is 18.1. The van der Waals surface area contributed by atoms with E-state index in [-0.39, 0.29) is 29.6 Å². The summed E-state index contributed by atoms with van der Waals surface area (Å²) in [6.07, 6.45) is 2.25. The number of hydrogen-bond acceptors (Lipinski definition) is 5. The van der Waals surface area contributed by atoms with Crippen LogP contribution < -0.4 is 10.6 Å². The first-order valence-electron chi connectivity index (χ1n) is 13.6. The minimum atomic E-state index is -0.755. The summed E-state index contributed by atoms with van der Waals surface area (Å²) in [6, 6.07) is 12.2. The molecule has 0 saturated heterocycles. The number of hydrogen-bond donors (Lipinski definition) is 2. The Morgan fingerprint density at radius 1 is 0.974 bits per heavy atom. The van der Waals surface area contributed by atoms with Gasteiger partial charge in [0.15, 0.2) is 5.78 Å². The number of amides is 2. The Kier molecular flexibility index (Phi) is 11.3. The van der Waals surface area contributed by atoms with E-state index in [0.717, 1.165) is 10.4 Å². The maximum absolute atomic E-state index is 14.0. The highest BCUT2D eigenvalue weighted by atomic mass is 32.1. The third-order valence-corrected chi connectivity index (χ3v) is 8.32. The Morgan fingerprint density at radius 2 is 1.59 bits per heavy atom. The number of Topliss-reactive ketones (excluding diaryl/α,β-unsaturated/α-hetero) is 1. The molecule has 2 N–H and O–H groups in total. The molecule has 0 saturated carbocycles. The van der Waals surface area contributed by atoms with Gasteiger partial charge >= 0.3 is 0 Å². The molecule has 39 heavy (non-hydrogen) atoms. The van der Waals surface area contributed by atoms with Crippen molar-refractivity contribution in [2.45, 2.75) is 85.4 Å². The molecule has 214 valence electrons. The van der Waals surface area contributed by atoms with Crippen LogP contribution in [0.15, 0.2) is 59.5 Å². The molecule has 0 aliphatic carbocycles. The quantitative estimate of drug-likeness (QED) is 0.346. The van der Waals surface area contributed by atoms with E-state index in [2.05, 4.69) is 10.6 Å².